The van der Waals surface area contributed by atoms with Crippen LogP contribution in [-0.4, -0.2) is 41.8 Å². The predicted octanol–water partition coefficient (Wildman–Crippen LogP) is 2.78. The number of nitrogens with one attached hydrogen (secondary N) is 1. The maximum Gasteiger partial charge on any atom is 0.338 e. The van der Waals surface area contributed by atoms with Gasteiger partial charge in [-0.1, -0.05) is 0 Å². The highest BCUT2D eigenvalue weighted by Crippen LogP contribution is 2.43. The van der Waals surface area contributed by atoms with Gasteiger partial charge in [0.05, 0.1) is 28.2 Å². The molecule has 1 aliphatic carbocycles. The zero-order chi connectivity index (χ0) is 20.7. The molecular formula is C19H21N3O7. The lowest BCUT2D eigenvalue weighted by Crippen LogP contribution is -2.46. The molecule has 4 rings (SSSR count). The minimum atomic E-state index is -1.04. The Bertz CT molecular complexity index is 921. The topological polar surface area (TPSA) is 120 Å². The van der Waals surface area contributed by atoms with Crippen molar-refractivity contribution >= 4 is 17.7 Å². The van der Waals surface area contributed by atoms with Gasteiger partial charge in [-0.2, -0.15) is 0 Å². The molecule has 1 atom stereocenters. The van der Waals surface area contributed by atoms with Crippen LogP contribution in [0.3, 0.4) is 0 Å². The highest BCUT2D eigenvalue weighted by molar-refractivity contribution is 5.95. The lowest BCUT2D eigenvalue weighted by atomic mass is 9.93. The molecule has 10 nitrogen and oxygen atoms in total. The number of allylic oxidation sites excluding steroid dienone is 1. The van der Waals surface area contributed by atoms with Crippen LogP contribution in [0.1, 0.15) is 44.2 Å². The molecule has 1 saturated carbocycles. The van der Waals surface area contributed by atoms with E-state index >= 15 is 0 Å². The summed E-state index contributed by atoms with van der Waals surface area (Å²) in [6.45, 7) is 1.57. The van der Waals surface area contributed by atoms with Gasteiger partial charge in [0.2, 0.25) is 6.79 Å². The number of urea groups is 1. The molecule has 0 spiro atoms. The van der Waals surface area contributed by atoms with Crippen LogP contribution in [-0.2, 0) is 9.53 Å². The van der Waals surface area contributed by atoms with Crippen LogP contribution in [0.5, 0.6) is 11.5 Å². The summed E-state index contributed by atoms with van der Waals surface area (Å²) >= 11 is 0. The smallest absolute Gasteiger partial charge is 0.338 e. The van der Waals surface area contributed by atoms with Gasteiger partial charge in [-0.25, -0.2) is 9.59 Å². The summed E-state index contributed by atoms with van der Waals surface area (Å²) < 4.78 is 16.2. The summed E-state index contributed by atoms with van der Waals surface area (Å²) in [6.07, 6.45) is 3.37. The van der Waals surface area contributed by atoms with E-state index in [1.165, 1.54) is 24.1 Å². The molecule has 10 heteroatoms. The van der Waals surface area contributed by atoms with Crippen LogP contribution in [0.15, 0.2) is 23.4 Å². The third kappa shape index (κ3) is 3.34. The number of esters is 1. The van der Waals surface area contributed by atoms with E-state index in [1.54, 1.807) is 6.92 Å². The number of fused-ring (bicyclic) bond motifs is 1. The van der Waals surface area contributed by atoms with Gasteiger partial charge < -0.3 is 24.4 Å². The van der Waals surface area contributed by atoms with Gasteiger partial charge in [-0.05, 0) is 38.7 Å². The molecule has 2 amide bonds. The lowest BCUT2D eigenvalue weighted by molar-refractivity contribution is -0.385. The molecule has 3 aliphatic rings. The number of carbonyl (C=O) groups excluding carboxylic acids is 2. The third-order valence-electron chi connectivity index (χ3n) is 5.58. The Kier molecular flexibility index (Phi) is 4.77. The Morgan fingerprint density at radius 2 is 1.93 bits per heavy atom. The number of rotatable bonds is 4. The summed E-state index contributed by atoms with van der Waals surface area (Å²) in [7, 11) is 1.53. The number of nitro groups is 1. The zero-order valence-electron chi connectivity index (χ0n) is 16.1. The van der Waals surface area contributed by atoms with Crippen molar-refractivity contribution in [2.75, 3.05) is 13.8 Å². The minimum Gasteiger partial charge on any atom is -0.459 e. The van der Waals surface area contributed by atoms with E-state index in [2.05, 4.69) is 5.32 Å². The molecule has 0 saturated heterocycles. The van der Waals surface area contributed by atoms with Crippen LogP contribution in [0, 0.1) is 10.1 Å². The number of nitro benzene ring substituents is 1. The fraction of sp³-hybridized carbons (Fsp3) is 0.474. The van der Waals surface area contributed by atoms with Gasteiger partial charge >= 0.3 is 12.0 Å². The summed E-state index contributed by atoms with van der Waals surface area (Å²) in [5.74, 6) is -0.0198. The quantitative estimate of drug-likeness (QED) is 0.466. The van der Waals surface area contributed by atoms with Gasteiger partial charge in [0.25, 0.3) is 5.69 Å². The number of ether oxygens (including phenoxy) is 3. The van der Waals surface area contributed by atoms with E-state index in [-0.39, 0.29) is 35.5 Å². The number of carbonyl (C=O) groups is 2. The van der Waals surface area contributed by atoms with Crippen LogP contribution in [0.2, 0.25) is 0 Å². The number of hydrogen-bond acceptors (Lipinski definition) is 7. The van der Waals surface area contributed by atoms with Crippen molar-refractivity contribution in [3.63, 3.8) is 0 Å². The standard InChI is InChI=1S/C19H21N3O7/c1-10-16(18(23)29-11-5-3-4-6-11)17(20-19(24)21(10)2)12-7-14-15(28-9-27-14)8-13(12)22(25)26/h7-8,11,17H,3-6,9H2,1-2H3,(H,20,24)/t17-/m1/s1. The summed E-state index contributed by atoms with van der Waals surface area (Å²) in [4.78, 5) is 37.9. The monoisotopic (exact) mass is 403 g/mol. The fourth-order valence-electron chi connectivity index (χ4n) is 3.89. The fourth-order valence-corrected chi connectivity index (χ4v) is 3.89. The van der Waals surface area contributed by atoms with Crippen LogP contribution in [0.4, 0.5) is 10.5 Å². The van der Waals surface area contributed by atoms with Crippen LogP contribution >= 0.6 is 0 Å². The first kappa shape index (κ1) is 19.0. The number of hydrogen-bond donors (Lipinski definition) is 1. The molecule has 29 heavy (non-hydrogen) atoms. The average Bonchev–Trinajstić information content (AvgIpc) is 3.35. The maximum absolute atomic E-state index is 13.0. The third-order valence-corrected chi connectivity index (χ3v) is 5.58. The van der Waals surface area contributed by atoms with Crippen molar-refractivity contribution in [3.8, 4) is 11.5 Å². The SMILES string of the molecule is CC1=C(C(=O)OC2CCCC2)[C@@H](c2cc3c(cc2[N+](=O)[O-])OCO3)NC(=O)N1C. The molecule has 154 valence electrons. The Labute approximate surface area is 166 Å². The average molecular weight is 403 g/mol. The Hall–Kier alpha value is -3.30. The first-order chi connectivity index (χ1) is 13.9. The van der Waals surface area contributed by atoms with Gasteiger partial charge in [0, 0.05) is 12.7 Å². The maximum atomic E-state index is 13.0. The molecule has 0 aromatic heterocycles. The van der Waals surface area contributed by atoms with E-state index in [1.807, 2.05) is 0 Å². The Morgan fingerprint density at radius 3 is 2.59 bits per heavy atom. The van der Waals surface area contributed by atoms with E-state index in [0.717, 1.165) is 25.7 Å². The highest BCUT2D eigenvalue weighted by Gasteiger charge is 2.40. The summed E-state index contributed by atoms with van der Waals surface area (Å²) in [5, 5.41) is 14.4. The number of amides is 2. The van der Waals surface area contributed by atoms with Crippen molar-refractivity contribution in [2.24, 2.45) is 0 Å². The normalized spacial score (nSPS) is 21.4. The molecule has 1 aromatic carbocycles. The van der Waals surface area contributed by atoms with Gasteiger partial charge in [0.15, 0.2) is 11.5 Å². The first-order valence-electron chi connectivity index (χ1n) is 9.40. The largest absolute Gasteiger partial charge is 0.459 e. The Balaban J connectivity index is 1.79. The summed E-state index contributed by atoms with van der Waals surface area (Å²) in [6, 6.07) is 1.17. The molecule has 2 aliphatic heterocycles. The van der Waals surface area contributed by atoms with E-state index in [9.17, 15) is 19.7 Å². The second-order valence-corrected chi connectivity index (χ2v) is 7.27. The van der Waals surface area contributed by atoms with E-state index in [4.69, 9.17) is 14.2 Å². The van der Waals surface area contributed by atoms with Gasteiger partial charge in [0.1, 0.15) is 6.10 Å². The first-order valence-corrected chi connectivity index (χ1v) is 9.40. The highest BCUT2D eigenvalue weighted by atomic mass is 16.7. The van der Waals surface area contributed by atoms with Crippen molar-refractivity contribution in [1.29, 1.82) is 0 Å². The van der Waals surface area contributed by atoms with Crippen molar-refractivity contribution < 1.29 is 28.7 Å². The molecule has 1 N–H and O–H groups in total. The molecule has 0 unspecified atom stereocenters. The molecule has 1 aromatic rings. The molecule has 0 bridgehead atoms. The molecule has 0 radical (unpaired) electrons. The second-order valence-electron chi connectivity index (χ2n) is 7.27. The number of benzene rings is 1. The van der Waals surface area contributed by atoms with E-state index < -0.39 is 23.0 Å². The van der Waals surface area contributed by atoms with Crippen molar-refractivity contribution in [1.82, 2.24) is 10.2 Å². The van der Waals surface area contributed by atoms with Gasteiger partial charge in [-0.3, -0.25) is 10.1 Å². The zero-order valence-corrected chi connectivity index (χ0v) is 16.1. The molecular weight excluding hydrogens is 382 g/mol. The van der Waals surface area contributed by atoms with E-state index in [0.29, 0.717) is 11.4 Å². The predicted molar refractivity (Wildman–Crippen MR) is 99.3 cm³/mol. The van der Waals surface area contributed by atoms with Crippen molar-refractivity contribution in [2.45, 2.75) is 44.8 Å². The Morgan fingerprint density at radius 1 is 1.28 bits per heavy atom. The van der Waals surface area contributed by atoms with Crippen molar-refractivity contribution in [3.05, 3.63) is 39.1 Å². The van der Waals surface area contributed by atoms with Crippen LogP contribution in [0.25, 0.3) is 0 Å². The minimum absolute atomic E-state index is 0.0544. The second kappa shape index (κ2) is 7.26. The van der Waals surface area contributed by atoms with Gasteiger partial charge in [-0.15, -0.1) is 0 Å². The lowest BCUT2D eigenvalue weighted by Gasteiger charge is -2.33. The summed E-state index contributed by atoms with van der Waals surface area (Å²) in [5.41, 5.74) is 0.413. The molecule has 1 fully saturated rings. The molecule has 2 heterocycles. The van der Waals surface area contributed by atoms with Crippen LogP contribution < -0.4 is 14.8 Å². The number of nitrogens with zero attached hydrogens (tertiary/aromatic N) is 2.